The second kappa shape index (κ2) is 15.0. The van der Waals surface area contributed by atoms with Crippen molar-refractivity contribution in [2.45, 2.75) is 25.8 Å². The molecule has 9 heteroatoms. The van der Waals surface area contributed by atoms with Crippen LogP contribution in [0.2, 0.25) is 0 Å². The van der Waals surface area contributed by atoms with Crippen molar-refractivity contribution in [2.75, 3.05) is 25.0 Å². The molecule has 9 nitrogen and oxygen atoms in total. The van der Waals surface area contributed by atoms with E-state index in [4.69, 9.17) is 20.9 Å². The van der Waals surface area contributed by atoms with Crippen LogP contribution in [0.4, 0.5) is 5.82 Å². The molecule has 1 amide bonds. The minimum Gasteiger partial charge on any atom is -0.457 e. The molecule has 1 aliphatic heterocycles. The fourth-order valence-electron chi connectivity index (χ4n) is 4.57. The summed E-state index contributed by atoms with van der Waals surface area (Å²) in [5, 5.41) is 15.2. The zero-order valence-corrected chi connectivity index (χ0v) is 23.8. The zero-order valence-electron chi connectivity index (χ0n) is 23.8. The first-order valence-corrected chi connectivity index (χ1v) is 13.9. The summed E-state index contributed by atoms with van der Waals surface area (Å²) < 4.78 is 5.89. The summed E-state index contributed by atoms with van der Waals surface area (Å²) in [5.41, 5.74) is 8.12. The van der Waals surface area contributed by atoms with Gasteiger partial charge in [0, 0.05) is 43.2 Å². The van der Waals surface area contributed by atoms with Crippen LogP contribution in [0.15, 0.2) is 120 Å². The van der Waals surface area contributed by atoms with Gasteiger partial charge in [-0.1, -0.05) is 36.9 Å². The zero-order chi connectivity index (χ0) is 29.7. The van der Waals surface area contributed by atoms with Crippen molar-refractivity contribution in [1.82, 2.24) is 15.2 Å². The van der Waals surface area contributed by atoms with Crippen LogP contribution in [0, 0.1) is 5.41 Å². The van der Waals surface area contributed by atoms with E-state index in [0.717, 1.165) is 24.4 Å². The van der Waals surface area contributed by atoms with Crippen molar-refractivity contribution in [3.8, 4) is 11.5 Å². The number of nitrogens with zero attached hydrogens (tertiary/aromatic N) is 3. The van der Waals surface area contributed by atoms with Crippen LogP contribution in [0.25, 0.3) is 0 Å². The van der Waals surface area contributed by atoms with Gasteiger partial charge < -0.3 is 26.0 Å². The number of hydrogen-bond acceptors (Lipinski definition) is 7. The van der Waals surface area contributed by atoms with Crippen molar-refractivity contribution in [1.29, 1.82) is 5.41 Å². The lowest BCUT2D eigenvalue weighted by molar-refractivity contribution is -0.127. The molecule has 1 atom stereocenters. The predicted octanol–water partition coefficient (Wildman–Crippen LogP) is 5.27. The number of rotatable bonds is 11. The topological polar surface area (TPSA) is 129 Å². The van der Waals surface area contributed by atoms with Gasteiger partial charge in [0.1, 0.15) is 23.2 Å². The largest absolute Gasteiger partial charge is 0.457 e. The molecule has 1 saturated heterocycles. The van der Waals surface area contributed by atoms with Crippen molar-refractivity contribution in [3.05, 3.63) is 121 Å². The predicted molar refractivity (Wildman–Crippen MR) is 169 cm³/mol. The average Bonchev–Trinajstić information content (AvgIpc) is 3.01. The Balaban J connectivity index is 1.43. The van der Waals surface area contributed by atoms with E-state index in [1.54, 1.807) is 30.2 Å². The third-order valence-electron chi connectivity index (χ3n) is 6.59. The number of hydrogen-bond donors (Lipinski definition) is 4. The molecule has 1 fully saturated rings. The summed E-state index contributed by atoms with van der Waals surface area (Å²) in [4.78, 5) is 23.8. The monoisotopic (exact) mass is 563 g/mol. The molecular formula is C33H37N7O2. The molecule has 2 heterocycles. The number of aliphatic imine (C=N–C) groups is 1. The molecule has 4 rings (SSSR count). The van der Waals surface area contributed by atoms with E-state index >= 15 is 0 Å². The molecule has 0 radical (unpaired) electrons. The summed E-state index contributed by atoms with van der Waals surface area (Å²) in [7, 11) is 0. The van der Waals surface area contributed by atoms with Gasteiger partial charge in [-0.05, 0) is 74.5 Å². The Morgan fingerprint density at radius 3 is 2.57 bits per heavy atom. The number of nitrogens with two attached hydrogens (primary N) is 1. The van der Waals surface area contributed by atoms with Crippen molar-refractivity contribution >= 4 is 23.3 Å². The quantitative estimate of drug-likeness (QED) is 0.143. The Labute approximate surface area is 247 Å². The van der Waals surface area contributed by atoms with Gasteiger partial charge in [-0.3, -0.25) is 15.2 Å². The van der Waals surface area contributed by atoms with E-state index in [0.29, 0.717) is 48.1 Å². The molecule has 1 unspecified atom stereocenters. The van der Waals surface area contributed by atoms with Gasteiger partial charge in [0.25, 0.3) is 0 Å². The van der Waals surface area contributed by atoms with Gasteiger partial charge >= 0.3 is 0 Å². The lowest BCUT2D eigenvalue weighted by Crippen LogP contribution is -2.42. The molecule has 2 aromatic carbocycles. The molecule has 5 N–H and O–H groups in total. The highest BCUT2D eigenvalue weighted by Crippen LogP contribution is 2.23. The number of anilines is 1. The van der Waals surface area contributed by atoms with Gasteiger partial charge in [0.2, 0.25) is 5.91 Å². The van der Waals surface area contributed by atoms with E-state index in [-0.39, 0.29) is 17.7 Å². The summed E-state index contributed by atoms with van der Waals surface area (Å²) in [6, 6.07) is 22.3. The molecule has 1 aliphatic rings. The molecule has 0 aliphatic carbocycles. The SMILES string of the molecule is C=CNC(=NC1CCCN(C(=O)/C=C/CNc2ccccn2)C1)/C(C(=N)c1ccc(Oc2ccccc2)cc1)=C(\C)N. The van der Waals surface area contributed by atoms with E-state index in [1.807, 2.05) is 72.8 Å². The lowest BCUT2D eigenvalue weighted by Gasteiger charge is -2.31. The Morgan fingerprint density at radius 1 is 1.14 bits per heavy atom. The molecule has 42 heavy (non-hydrogen) atoms. The Kier molecular flexibility index (Phi) is 10.6. The number of amides is 1. The third kappa shape index (κ3) is 8.41. The normalized spacial score (nSPS) is 16.0. The van der Waals surface area contributed by atoms with Gasteiger partial charge in [-0.2, -0.15) is 0 Å². The second-order valence-electron chi connectivity index (χ2n) is 9.78. The number of aromatic nitrogens is 1. The number of ether oxygens (including phenoxy) is 1. The highest BCUT2D eigenvalue weighted by atomic mass is 16.5. The number of carbonyl (C=O) groups is 1. The van der Waals surface area contributed by atoms with Gasteiger partial charge in [0.15, 0.2) is 0 Å². The maximum Gasteiger partial charge on any atom is 0.246 e. The second-order valence-corrected chi connectivity index (χ2v) is 9.78. The van der Waals surface area contributed by atoms with E-state index in [2.05, 4.69) is 22.2 Å². The molecule has 0 spiro atoms. The maximum absolute atomic E-state index is 12.9. The van der Waals surface area contributed by atoms with Crippen LogP contribution < -0.4 is 21.1 Å². The van der Waals surface area contributed by atoms with E-state index in [1.165, 1.54) is 6.20 Å². The molecule has 1 aromatic heterocycles. The molecular weight excluding hydrogens is 526 g/mol. The minimum absolute atomic E-state index is 0.0627. The van der Waals surface area contributed by atoms with Crippen LogP contribution in [0.1, 0.15) is 25.3 Å². The van der Waals surface area contributed by atoms with Crippen molar-refractivity contribution in [2.24, 2.45) is 10.7 Å². The van der Waals surface area contributed by atoms with Gasteiger partial charge in [-0.15, -0.1) is 0 Å². The number of allylic oxidation sites excluding steroid dienone is 1. The van der Waals surface area contributed by atoms with Crippen LogP contribution in [0.5, 0.6) is 11.5 Å². The maximum atomic E-state index is 12.9. The van der Waals surface area contributed by atoms with Crippen molar-refractivity contribution in [3.63, 3.8) is 0 Å². The number of para-hydroxylation sites is 1. The molecule has 3 aromatic rings. The van der Waals surface area contributed by atoms with E-state index < -0.39 is 0 Å². The van der Waals surface area contributed by atoms with Gasteiger partial charge in [0.05, 0.1) is 17.3 Å². The highest BCUT2D eigenvalue weighted by Gasteiger charge is 2.24. The molecule has 0 bridgehead atoms. The number of piperidine rings is 1. The van der Waals surface area contributed by atoms with Crippen LogP contribution in [-0.2, 0) is 4.79 Å². The molecule has 0 saturated carbocycles. The summed E-state index contributed by atoms with van der Waals surface area (Å²) in [6.07, 6.45) is 8.25. The van der Waals surface area contributed by atoms with Crippen LogP contribution in [-0.4, -0.2) is 53.0 Å². The highest BCUT2D eigenvalue weighted by molar-refractivity contribution is 6.29. The van der Waals surface area contributed by atoms with Crippen LogP contribution in [0.3, 0.4) is 0 Å². The first kappa shape index (κ1) is 29.8. The number of likely N-dealkylation sites (tertiary alicyclic amines) is 1. The fraction of sp³-hybridized carbons (Fsp3) is 0.212. The number of pyridine rings is 1. The number of amidine groups is 1. The number of benzene rings is 2. The summed E-state index contributed by atoms with van der Waals surface area (Å²) in [6.45, 7) is 7.18. The Bertz CT molecular complexity index is 1440. The first-order chi connectivity index (χ1) is 20.4. The summed E-state index contributed by atoms with van der Waals surface area (Å²) in [5.74, 6) is 2.55. The van der Waals surface area contributed by atoms with Crippen molar-refractivity contribution < 1.29 is 9.53 Å². The fourth-order valence-corrected chi connectivity index (χ4v) is 4.57. The van der Waals surface area contributed by atoms with Gasteiger partial charge in [-0.25, -0.2) is 4.98 Å². The smallest absolute Gasteiger partial charge is 0.246 e. The number of carbonyl (C=O) groups excluding carboxylic acids is 1. The Hall–Kier alpha value is -5.18. The number of nitrogens with one attached hydrogen (secondary N) is 3. The summed E-state index contributed by atoms with van der Waals surface area (Å²) >= 11 is 0. The average molecular weight is 564 g/mol. The van der Waals surface area contributed by atoms with E-state index in [9.17, 15) is 4.79 Å². The first-order valence-electron chi connectivity index (χ1n) is 13.9. The standard InChI is InChI=1S/C33H37N7O2/c1-3-36-33(31(24(2)34)32(35)25-16-18-28(19-17-25)42-27-12-5-4-6-13-27)39-26-11-10-22-40(23-26)30(41)15-9-21-38-29-14-7-8-20-37-29/h3-9,12-20,26,35H,1,10-11,21-23,34H2,2H3,(H,36,39)(H,37,38)/b15-9+,31-24+,35-32?. The van der Waals surface area contributed by atoms with Crippen LogP contribution >= 0.6 is 0 Å². The Morgan fingerprint density at radius 2 is 1.88 bits per heavy atom. The molecule has 216 valence electrons. The lowest BCUT2D eigenvalue weighted by atomic mass is 9.99. The minimum atomic E-state index is -0.158. The third-order valence-corrected chi connectivity index (χ3v) is 6.59.